The van der Waals surface area contributed by atoms with Crippen molar-refractivity contribution in [2.75, 3.05) is 0 Å². The molecule has 1 aromatic heterocycles. The lowest BCUT2D eigenvalue weighted by Crippen LogP contribution is -2.06. The third-order valence-electron chi connectivity index (χ3n) is 2.67. The summed E-state index contributed by atoms with van der Waals surface area (Å²) in [6, 6.07) is 13.2. The zero-order chi connectivity index (χ0) is 13.7. The molecule has 0 radical (unpaired) electrons. The molecule has 4 nitrogen and oxygen atoms in total. The van der Waals surface area contributed by atoms with Crippen LogP contribution in [0.15, 0.2) is 42.6 Å². The summed E-state index contributed by atoms with van der Waals surface area (Å²) in [5, 5.41) is 8.60. The zero-order valence-electron chi connectivity index (χ0n) is 10.7. The first-order valence-electron chi connectivity index (χ1n) is 6.04. The van der Waals surface area contributed by atoms with Gasteiger partial charge in [-0.25, -0.2) is 0 Å². The highest BCUT2D eigenvalue weighted by Gasteiger charge is 2.02. The van der Waals surface area contributed by atoms with Gasteiger partial charge in [0.1, 0.15) is 11.5 Å². The average molecular weight is 253 g/mol. The van der Waals surface area contributed by atoms with Crippen LogP contribution in [-0.2, 0) is 6.42 Å². The quantitative estimate of drug-likeness (QED) is 0.909. The molecule has 1 unspecified atom stereocenters. The molecule has 2 N–H and O–H groups in total. The molecule has 0 spiro atoms. The molecule has 1 aromatic carbocycles. The number of ether oxygens (including phenoxy) is 1. The van der Waals surface area contributed by atoms with E-state index >= 15 is 0 Å². The third-order valence-corrected chi connectivity index (χ3v) is 2.67. The molecule has 0 saturated heterocycles. The number of benzene rings is 1. The molecule has 4 heteroatoms. The number of hydrogen-bond acceptors (Lipinski definition) is 4. The number of rotatable bonds is 4. The Morgan fingerprint density at radius 2 is 1.89 bits per heavy atom. The lowest BCUT2D eigenvalue weighted by molar-refractivity contribution is 0.479. The van der Waals surface area contributed by atoms with Gasteiger partial charge in [-0.2, -0.15) is 5.26 Å². The standard InChI is InChI=1S/C15H15N3O/c1-11(17)15-7-6-14(10-18-15)19-13-4-2-12(3-5-13)8-9-16/h2-7,10-11H,8,17H2,1H3. The molecule has 19 heavy (non-hydrogen) atoms. The maximum Gasteiger partial charge on any atom is 0.145 e. The number of pyridine rings is 1. The summed E-state index contributed by atoms with van der Waals surface area (Å²) in [6.07, 6.45) is 2.06. The van der Waals surface area contributed by atoms with E-state index in [9.17, 15) is 0 Å². The first-order valence-corrected chi connectivity index (χ1v) is 6.04. The van der Waals surface area contributed by atoms with Crippen molar-refractivity contribution in [2.45, 2.75) is 19.4 Å². The smallest absolute Gasteiger partial charge is 0.145 e. The van der Waals surface area contributed by atoms with Crippen molar-refractivity contribution in [3.05, 3.63) is 53.9 Å². The van der Waals surface area contributed by atoms with Crippen LogP contribution in [0.3, 0.4) is 0 Å². The lowest BCUT2D eigenvalue weighted by atomic mass is 10.2. The van der Waals surface area contributed by atoms with E-state index in [-0.39, 0.29) is 6.04 Å². The summed E-state index contributed by atoms with van der Waals surface area (Å²) in [5.74, 6) is 1.38. The second-order valence-electron chi connectivity index (χ2n) is 4.29. The van der Waals surface area contributed by atoms with Gasteiger partial charge in [-0.1, -0.05) is 12.1 Å². The molecule has 1 heterocycles. The zero-order valence-corrected chi connectivity index (χ0v) is 10.7. The summed E-state index contributed by atoms with van der Waals surface area (Å²) in [6.45, 7) is 1.89. The van der Waals surface area contributed by atoms with Gasteiger partial charge < -0.3 is 10.5 Å². The van der Waals surface area contributed by atoms with Crippen LogP contribution in [0.25, 0.3) is 0 Å². The molecule has 2 rings (SSSR count). The Morgan fingerprint density at radius 1 is 1.21 bits per heavy atom. The van der Waals surface area contributed by atoms with Crippen LogP contribution in [0.1, 0.15) is 24.2 Å². The van der Waals surface area contributed by atoms with E-state index in [4.69, 9.17) is 15.7 Å². The highest BCUT2D eigenvalue weighted by molar-refractivity contribution is 5.33. The number of aromatic nitrogens is 1. The summed E-state index contributed by atoms with van der Waals surface area (Å²) in [7, 11) is 0. The fourth-order valence-electron chi connectivity index (χ4n) is 1.62. The summed E-state index contributed by atoms with van der Waals surface area (Å²) in [4.78, 5) is 4.23. The summed E-state index contributed by atoms with van der Waals surface area (Å²) < 4.78 is 5.66. The van der Waals surface area contributed by atoms with Gasteiger partial charge >= 0.3 is 0 Å². The number of nitriles is 1. The van der Waals surface area contributed by atoms with Gasteiger partial charge in [0.25, 0.3) is 0 Å². The Labute approximate surface area is 112 Å². The Balaban J connectivity index is 2.06. The van der Waals surface area contributed by atoms with Crippen molar-refractivity contribution in [2.24, 2.45) is 5.73 Å². The van der Waals surface area contributed by atoms with Gasteiger partial charge in [0, 0.05) is 6.04 Å². The second kappa shape index (κ2) is 5.98. The molecule has 1 atom stereocenters. The molecular weight excluding hydrogens is 238 g/mol. The minimum absolute atomic E-state index is 0.0840. The van der Waals surface area contributed by atoms with Crippen LogP contribution in [0.2, 0.25) is 0 Å². The van der Waals surface area contributed by atoms with Gasteiger partial charge in [0.05, 0.1) is 24.4 Å². The van der Waals surface area contributed by atoms with Gasteiger partial charge in [0.15, 0.2) is 0 Å². The molecule has 96 valence electrons. The van der Waals surface area contributed by atoms with E-state index in [1.165, 1.54) is 0 Å². The van der Waals surface area contributed by atoms with Crippen LogP contribution in [0, 0.1) is 11.3 Å². The molecule has 0 aliphatic heterocycles. The maximum absolute atomic E-state index is 8.60. The van der Waals surface area contributed by atoms with Gasteiger partial charge in [-0.15, -0.1) is 0 Å². The molecule has 0 aliphatic rings. The minimum atomic E-state index is -0.0840. The maximum atomic E-state index is 8.60. The number of nitrogens with zero attached hydrogens (tertiary/aromatic N) is 2. The fourth-order valence-corrected chi connectivity index (χ4v) is 1.62. The normalized spacial score (nSPS) is 11.6. The number of nitrogens with two attached hydrogens (primary N) is 1. The van der Waals surface area contributed by atoms with E-state index in [0.29, 0.717) is 12.2 Å². The van der Waals surface area contributed by atoms with Crippen molar-refractivity contribution >= 4 is 0 Å². The van der Waals surface area contributed by atoms with Crippen LogP contribution in [0.5, 0.6) is 11.5 Å². The van der Waals surface area contributed by atoms with E-state index in [1.807, 2.05) is 43.3 Å². The Bertz CT molecular complexity index is 568. The molecule has 0 fully saturated rings. The highest BCUT2D eigenvalue weighted by atomic mass is 16.5. The number of hydrogen-bond donors (Lipinski definition) is 1. The fraction of sp³-hybridized carbons (Fsp3) is 0.200. The van der Waals surface area contributed by atoms with Crippen molar-refractivity contribution in [1.29, 1.82) is 5.26 Å². The predicted molar refractivity (Wildman–Crippen MR) is 72.7 cm³/mol. The second-order valence-corrected chi connectivity index (χ2v) is 4.29. The largest absolute Gasteiger partial charge is 0.456 e. The summed E-state index contributed by atoms with van der Waals surface area (Å²) in [5.41, 5.74) is 7.53. The highest BCUT2D eigenvalue weighted by Crippen LogP contribution is 2.21. The SMILES string of the molecule is CC(N)c1ccc(Oc2ccc(CC#N)cc2)cn1. The van der Waals surface area contributed by atoms with Crippen molar-refractivity contribution in [1.82, 2.24) is 4.98 Å². The van der Waals surface area contributed by atoms with E-state index in [2.05, 4.69) is 11.1 Å². The predicted octanol–water partition coefficient (Wildman–Crippen LogP) is 2.96. The lowest BCUT2D eigenvalue weighted by Gasteiger charge is -2.08. The Hall–Kier alpha value is -2.38. The third kappa shape index (κ3) is 3.54. The van der Waals surface area contributed by atoms with E-state index in [0.717, 1.165) is 17.0 Å². The monoisotopic (exact) mass is 253 g/mol. The molecule has 0 aliphatic carbocycles. The Kier molecular flexibility index (Phi) is 4.11. The van der Waals surface area contributed by atoms with Crippen LogP contribution >= 0.6 is 0 Å². The van der Waals surface area contributed by atoms with E-state index in [1.54, 1.807) is 6.20 Å². The first-order chi connectivity index (χ1) is 9.19. The average Bonchev–Trinajstić information content (AvgIpc) is 2.42. The van der Waals surface area contributed by atoms with Crippen LogP contribution < -0.4 is 10.5 Å². The van der Waals surface area contributed by atoms with Gasteiger partial charge in [-0.05, 0) is 36.8 Å². The first kappa shape index (κ1) is 13.1. The molecule has 0 bridgehead atoms. The van der Waals surface area contributed by atoms with Crippen molar-refractivity contribution in [3.63, 3.8) is 0 Å². The molecule has 0 amide bonds. The van der Waals surface area contributed by atoms with Crippen LogP contribution in [0.4, 0.5) is 0 Å². The van der Waals surface area contributed by atoms with Crippen molar-refractivity contribution in [3.8, 4) is 17.6 Å². The molecule has 2 aromatic rings. The van der Waals surface area contributed by atoms with E-state index < -0.39 is 0 Å². The van der Waals surface area contributed by atoms with Gasteiger partial charge in [0.2, 0.25) is 0 Å². The molecule has 0 saturated carbocycles. The Morgan fingerprint density at radius 3 is 2.42 bits per heavy atom. The topological polar surface area (TPSA) is 71.9 Å². The molecular formula is C15H15N3O. The van der Waals surface area contributed by atoms with Crippen molar-refractivity contribution < 1.29 is 4.74 Å². The summed E-state index contributed by atoms with van der Waals surface area (Å²) >= 11 is 0. The van der Waals surface area contributed by atoms with Gasteiger partial charge in [-0.3, -0.25) is 4.98 Å². The minimum Gasteiger partial charge on any atom is -0.456 e. The van der Waals surface area contributed by atoms with Crippen LogP contribution in [-0.4, -0.2) is 4.98 Å².